The van der Waals surface area contributed by atoms with E-state index >= 15 is 0 Å². The summed E-state index contributed by atoms with van der Waals surface area (Å²) in [5, 5.41) is 2.61. The minimum atomic E-state index is -4.88. The van der Waals surface area contributed by atoms with Crippen molar-refractivity contribution in [2.75, 3.05) is 0 Å². The summed E-state index contributed by atoms with van der Waals surface area (Å²) < 4.78 is 57.6. The number of benzene rings is 2. The zero-order valence-corrected chi connectivity index (χ0v) is 15.9. The Labute approximate surface area is 170 Å². The highest BCUT2D eigenvalue weighted by Crippen LogP contribution is 2.32. The van der Waals surface area contributed by atoms with Crippen LogP contribution in [0.25, 0.3) is 0 Å². The van der Waals surface area contributed by atoms with Gasteiger partial charge in [0.05, 0.1) is 11.6 Å². The fraction of sp³-hybridized carbons (Fsp3) is 0.182. The maximum atomic E-state index is 13.4. The molecular formula is C22H18F4N2O2. The van der Waals surface area contributed by atoms with E-state index in [0.717, 1.165) is 17.2 Å². The van der Waals surface area contributed by atoms with Gasteiger partial charge in [0.1, 0.15) is 18.2 Å². The quantitative estimate of drug-likeness (QED) is 0.552. The van der Waals surface area contributed by atoms with Crippen molar-refractivity contribution in [1.82, 2.24) is 10.3 Å². The molecule has 1 amide bonds. The van der Waals surface area contributed by atoms with Gasteiger partial charge in [0.15, 0.2) is 0 Å². The highest BCUT2D eigenvalue weighted by Gasteiger charge is 2.34. The van der Waals surface area contributed by atoms with Crippen LogP contribution in [0.3, 0.4) is 0 Å². The molecule has 4 nitrogen and oxygen atoms in total. The highest BCUT2D eigenvalue weighted by atomic mass is 19.4. The maximum absolute atomic E-state index is 13.4. The van der Waals surface area contributed by atoms with E-state index in [1.54, 1.807) is 43.6 Å². The van der Waals surface area contributed by atoms with E-state index < -0.39 is 29.5 Å². The third-order valence-electron chi connectivity index (χ3n) is 4.39. The Bertz CT molecular complexity index is 1010. The van der Waals surface area contributed by atoms with Gasteiger partial charge in [0, 0.05) is 23.5 Å². The largest absolute Gasteiger partial charge is 0.489 e. The molecule has 0 aliphatic carbocycles. The molecule has 0 spiro atoms. The van der Waals surface area contributed by atoms with Crippen LogP contribution in [0.4, 0.5) is 17.6 Å². The van der Waals surface area contributed by atoms with E-state index in [2.05, 4.69) is 10.3 Å². The molecule has 156 valence electrons. The van der Waals surface area contributed by atoms with Gasteiger partial charge in [-0.15, -0.1) is 0 Å². The predicted molar refractivity (Wildman–Crippen MR) is 102 cm³/mol. The van der Waals surface area contributed by atoms with Crippen LogP contribution in [0.1, 0.15) is 40.0 Å². The minimum absolute atomic E-state index is 0.271. The smallest absolute Gasteiger partial charge is 0.419 e. The Kier molecular flexibility index (Phi) is 6.34. The third-order valence-corrected chi connectivity index (χ3v) is 4.39. The minimum Gasteiger partial charge on any atom is -0.489 e. The Morgan fingerprint density at radius 2 is 1.87 bits per heavy atom. The van der Waals surface area contributed by atoms with E-state index in [-0.39, 0.29) is 5.56 Å². The van der Waals surface area contributed by atoms with Crippen molar-refractivity contribution in [3.05, 3.63) is 95.1 Å². The first-order chi connectivity index (χ1) is 14.2. The van der Waals surface area contributed by atoms with Gasteiger partial charge in [0.25, 0.3) is 5.91 Å². The van der Waals surface area contributed by atoms with Crippen molar-refractivity contribution in [2.45, 2.75) is 25.7 Å². The molecule has 0 aliphatic heterocycles. The van der Waals surface area contributed by atoms with Crippen LogP contribution in [-0.4, -0.2) is 10.9 Å². The number of carbonyl (C=O) groups is 1. The summed E-state index contributed by atoms with van der Waals surface area (Å²) in [4.78, 5) is 16.3. The molecule has 3 rings (SSSR count). The second-order valence-electron chi connectivity index (χ2n) is 6.61. The first-order valence-electron chi connectivity index (χ1n) is 9.03. The third kappa shape index (κ3) is 5.34. The summed E-state index contributed by atoms with van der Waals surface area (Å²) in [6.45, 7) is 2.04. The number of nitrogens with zero attached hydrogens (tertiary/aromatic N) is 1. The van der Waals surface area contributed by atoms with Crippen LogP contribution < -0.4 is 10.1 Å². The van der Waals surface area contributed by atoms with Gasteiger partial charge < -0.3 is 10.1 Å². The lowest BCUT2D eigenvalue weighted by atomic mass is 10.1. The van der Waals surface area contributed by atoms with Crippen molar-refractivity contribution in [3.63, 3.8) is 0 Å². The molecular weight excluding hydrogens is 400 g/mol. The second-order valence-corrected chi connectivity index (χ2v) is 6.61. The number of pyridine rings is 1. The van der Waals surface area contributed by atoms with Crippen LogP contribution >= 0.6 is 0 Å². The number of amides is 1. The first kappa shape index (κ1) is 21.3. The summed E-state index contributed by atoms with van der Waals surface area (Å²) in [5.41, 5.74) is -0.0973. The molecule has 3 aromatic rings. The number of ether oxygens (including phenoxy) is 1. The van der Waals surface area contributed by atoms with E-state index in [1.807, 2.05) is 12.1 Å². The molecule has 0 fully saturated rings. The molecule has 0 radical (unpaired) electrons. The lowest BCUT2D eigenvalue weighted by Crippen LogP contribution is -2.27. The van der Waals surface area contributed by atoms with Gasteiger partial charge in [-0.3, -0.25) is 9.78 Å². The average molecular weight is 418 g/mol. The monoisotopic (exact) mass is 418 g/mol. The maximum Gasteiger partial charge on any atom is 0.419 e. The van der Waals surface area contributed by atoms with Gasteiger partial charge in [0.2, 0.25) is 0 Å². The standard InChI is InChI=1S/C22H18F4N2O2/c1-14(28-21(29)17-6-9-20(23)19(11-17)22(24,25)26)16-4-7-18(8-5-16)30-13-15-3-2-10-27-12-15/h2-12,14H,13H2,1H3,(H,28,29). The molecule has 2 aromatic carbocycles. The van der Waals surface area contributed by atoms with Gasteiger partial charge >= 0.3 is 6.18 Å². The van der Waals surface area contributed by atoms with Crippen LogP contribution in [0, 0.1) is 5.82 Å². The topological polar surface area (TPSA) is 51.2 Å². The molecule has 1 unspecified atom stereocenters. The van der Waals surface area contributed by atoms with Crippen molar-refractivity contribution in [2.24, 2.45) is 0 Å². The Balaban J connectivity index is 1.63. The molecule has 30 heavy (non-hydrogen) atoms. The van der Waals surface area contributed by atoms with Gasteiger partial charge in [-0.25, -0.2) is 4.39 Å². The SMILES string of the molecule is CC(NC(=O)c1ccc(F)c(C(F)(F)F)c1)c1ccc(OCc2cccnc2)cc1. The van der Waals surface area contributed by atoms with Gasteiger partial charge in [-0.05, 0) is 48.9 Å². The second kappa shape index (κ2) is 8.94. The number of hydrogen-bond donors (Lipinski definition) is 1. The van der Waals surface area contributed by atoms with Crippen LogP contribution in [0.2, 0.25) is 0 Å². The number of nitrogens with one attached hydrogen (secondary N) is 1. The molecule has 0 saturated carbocycles. The molecule has 0 bridgehead atoms. The molecule has 0 saturated heterocycles. The van der Waals surface area contributed by atoms with E-state index in [1.165, 1.54) is 0 Å². The number of halogens is 4. The lowest BCUT2D eigenvalue weighted by Gasteiger charge is -2.16. The number of hydrogen-bond acceptors (Lipinski definition) is 3. The first-order valence-corrected chi connectivity index (χ1v) is 9.03. The van der Waals surface area contributed by atoms with Crippen LogP contribution in [-0.2, 0) is 12.8 Å². The summed E-state index contributed by atoms with van der Waals surface area (Å²) in [7, 11) is 0. The van der Waals surface area contributed by atoms with E-state index in [4.69, 9.17) is 4.74 Å². The number of carbonyl (C=O) groups excluding carboxylic acids is 1. The summed E-state index contributed by atoms with van der Waals surface area (Å²) in [5.74, 6) is -1.53. The fourth-order valence-corrected chi connectivity index (χ4v) is 2.75. The fourth-order valence-electron chi connectivity index (χ4n) is 2.75. The molecule has 1 N–H and O–H groups in total. The molecule has 1 atom stereocenters. The zero-order chi connectivity index (χ0) is 21.7. The Morgan fingerprint density at radius 1 is 1.13 bits per heavy atom. The molecule has 0 aliphatic rings. The number of rotatable bonds is 6. The van der Waals surface area contributed by atoms with Gasteiger partial charge in [-0.1, -0.05) is 18.2 Å². The highest BCUT2D eigenvalue weighted by molar-refractivity contribution is 5.94. The normalized spacial score (nSPS) is 12.3. The predicted octanol–water partition coefficient (Wildman–Crippen LogP) is 5.31. The summed E-state index contributed by atoms with van der Waals surface area (Å²) in [6, 6.07) is 12.3. The summed E-state index contributed by atoms with van der Waals surface area (Å²) in [6.07, 6.45) is -1.51. The van der Waals surface area contributed by atoms with Crippen molar-refractivity contribution >= 4 is 5.91 Å². The summed E-state index contributed by atoms with van der Waals surface area (Å²) >= 11 is 0. The molecule has 1 heterocycles. The van der Waals surface area contributed by atoms with Crippen molar-refractivity contribution < 1.29 is 27.1 Å². The van der Waals surface area contributed by atoms with Gasteiger partial charge in [-0.2, -0.15) is 13.2 Å². The number of alkyl halides is 3. The van der Waals surface area contributed by atoms with Crippen molar-refractivity contribution in [3.8, 4) is 5.75 Å². The van der Waals surface area contributed by atoms with Crippen LogP contribution in [0.5, 0.6) is 5.75 Å². The Morgan fingerprint density at radius 3 is 2.50 bits per heavy atom. The van der Waals surface area contributed by atoms with E-state index in [0.29, 0.717) is 24.5 Å². The van der Waals surface area contributed by atoms with Crippen molar-refractivity contribution in [1.29, 1.82) is 0 Å². The lowest BCUT2D eigenvalue weighted by molar-refractivity contribution is -0.140. The van der Waals surface area contributed by atoms with E-state index in [9.17, 15) is 22.4 Å². The van der Waals surface area contributed by atoms with Crippen LogP contribution in [0.15, 0.2) is 67.0 Å². The number of aromatic nitrogens is 1. The zero-order valence-electron chi connectivity index (χ0n) is 15.9. The Hall–Kier alpha value is -3.42. The molecule has 1 aromatic heterocycles. The molecule has 8 heteroatoms. The average Bonchev–Trinajstić information content (AvgIpc) is 2.72.